The maximum atomic E-state index is 12.3. The summed E-state index contributed by atoms with van der Waals surface area (Å²) in [4.78, 5) is 15.0. The van der Waals surface area contributed by atoms with E-state index < -0.39 is 0 Å². The highest BCUT2D eigenvalue weighted by atomic mass is 16.5. The Morgan fingerprint density at radius 3 is 2.84 bits per heavy atom. The lowest BCUT2D eigenvalue weighted by Gasteiger charge is -2.60. The van der Waals surface area contributed by atoms with Crippen molar-refractivity contribution in [2.45, 2.75) is 95.8 Å². The summed E-state index contributed by atoms with van der Waals surface area (Å²) in [5, 5.41) is 0. The van der Waals surface area contributed by atoms with Gasteiger partial charge >= 0.3 is 0 Å². The van der Waals surface area contributed by atoms with E-state index in [9.17, 15) is 4.79 Å². The van der Waals surface area contributed by atoms with Gasteiger partial charge in [0.05, 0.1) is 31.5 Å². The first-order valence-corrected chi connectivity index (χ1v) is 15.6. The van der Waals surface area contributed by atoms with E-state index in [1.165, 1.54) is 63.5 Å². The highest BCUT2D eigenvalue weighted by Gasteiger charge is 2.91. The molecule has 11 atom stereocenters. The molecule has 5 nitrogen and oxygen atoms in total. The lowest BCUT2D eigenvalue weighted by atomic mass is 9.47. The molecule has 2 heterocycles. The first kappa shape index (κ1) is 24.1. The van der Waals surface area contributed by atoms with Gasteiger partial charge in [0.2, 0.25) is 0 Å². The van der Waals surface area contributed by atoms with E-state index in [0.717, 1.165) is 49.7 Å². The topological polar surface area (TPSA) is 48.0 Å². The fourth-order valence-electron chi connectivity index (χ4n) is 12.5. The van der Waals surface area contributed by atoms with E-state index in [2.05, 4.69) is 24.8 Å². The van der Waals surface area contributed by atoms with Crippen LogP contribution in [0.2, 0.25) is 0 Å². The van der Waals surface area contributed by atoms with Gasteiger partial charge in [-0.3, -0.25) is 9.69 Å². The number of ether oxygens (including phenoxy) is 3. The standard InChI is InChI=1S/C32H47NO4/c1-20-14-27-28(33(18-20)10-11-36-13-12-35-3)26-17-31-19-30(31)16-25-23(24(30)7-9-32(26,31)37-27)5-4-21-15-22(34)6-8-29(21,25)2/h15,20,23-28H,4-14,16-19H2,1-3H3/t20-,23-,24-,25-,26+,27+,28-,29-,30?,31?,32+/m0/s1. The van der Waals surface area contributed by atoms with Crippen molar-refractivity contribution in [2.24, 2.45) is 45.8 Å². The van der Waals surface area contributed by atoms with E-state index in [-0.39, 0.29) is 11.0 Å². The fraction of sp³-hybridized carbons (Fsp3) is 0.906. The SMILES string of the molecule is COCCOCCN1C[C@@H](C)C[C@H]2O[C@@]34CC[C@H]5[C@@H]6CCC7=CC(=O)CC[C@]7(C)[C@H]6CC56CC63C[C@@H]4[C@@H]21. The highest BCUT2D eigenvalue weighted by Crippen LogP contribution is 2.93. The second-order valence-electron chi connectivity index (χ2n) is 14.9. The van der Waals surface area contributed by atoms with Crippen LogP contribution < -0.4 is 0 Å². The van der Waals surface area contributed by atoms with Gasteiger partial charge in [-0.15, -0.1) is 0 Å². The molecule has 8 aliphatic rings. The average Bonchev–Trinajstić information content (AvgIpc) is 3.35. The van der Waals surface area contributed by atoms with Crippen LogP contribution in [0.15, 0.2) is 11.6 Å². The van der Waals surface area contributed by atoms with Crippen molar-refractivity contribution in [3.05, 3.63) is 11.6 Å². The van der Waals surface area contributed by atoms with Gasteiger partial charge in [-0.2, -0.15) is 0 Å². The molecule has 3 spiro atoms. The molecule has 204 valence electrons. The summed E-state index contributed by atoms with van der Waals surface area (Å²) >= 11 is 0. The van der Waals surface area contributed by atoms with Gasteiger partial charge in [-0.1, -0.05) is 19.4 Å². The summed E-state index contributed by atoms with van der Waals surface area (Å²) in [5.41, 5.74) is 2.97. The Labute approximate surface area is 223 Å². The van der Waals surface area contributed by atoms with Crippen molar-refractivity contribution in [3.63, 3.8) is 0 Å². The molecule has 5 saturated carbocycles. The van der Waals surface area contributed by atoms with Crippen molar-refractivity contribution < 1.29 is 19.0 Å². The second-order valence-corrected chi connectivity index (χ2v) is 14.9. The first-order chi connectivity index (χ1) is 17.9. The lowest BCUT2D eigenvalue weighted by molar-refractivity contribution is -0.211. The molecule has 2 saturated heterocycles. The van der Waals surface area contributed by atoms with E-state index in [0.29, 0.717) is 47.9 Å². The van der Waals surface area contributed by atoms with E-state index in [1.807, 2.05) is 0 Å². The monoisotopic (exact) mass is 509 g/mol. The van der Waals surface area contributed by atoms with Crippen LogP contribution in [0.5, 0.6) is 0 Å². The zero-order valence-corrected chi connectivity index (χ0v) is 23.3. The molecular weight excluding hydrogens is 462 g/mol. The zero-order chi connectivity index (χ0) is 25.2. The number of carbonyl (C=O) groups is 1. The first-order valence-electron chi connectivity index (χ1n) is 15.6. The Bertz CT molecular complexity index is 1030. The molecular formula is C32H47NO4. The maximum absolute atomic E-state index is 12.3. The summed E-state index contributed by atoms with van der Waals surface area (Å²) in [5.74, 6) is 4.40. The van der Waals surface area contributed by atoms with Crippen LogP contribution in [0.1, 0.15) is 78.1 Å². The van der Waals surface area contributed by atoms with Gasteiger partial charge in [-0.05, 0) is 98.4 Å². The van der Waals surface area contributed by atoms with Crippen molar-refractivity contribution in [2.75, 3.05) is 40.0 Å². The van der Waals surface area contributed by atoms with Gasteiger partial charge in [0.25, 0.3) is 0 Å². The van der Waals surface area contributed by atoms with Crippen molar-refractivity contribution in [3.8, 4) is 0 Å². The molecule has 0 bridgehead atoms. The molecule has 5 heteroatoms. The van der Waals surface area contributed by atoms with Crippen LogP contribution in [0.25, 0.3) is 0 Å². The number of methoxy groups -OCH3 is 1. The largest absolute Gasteiger partial charge is 0.382 e. The molecule has 0 radical (unpaired) electrons. The molecule has 8 rings (SSSR count). The summed E-state index contributed by atoms with van der Waals surface area (Å²) in [6.07, 6.45) is 15.1. The third-order valence-electron chi connectivity index (χ3n) is 13.8. The summed E-state index contributed by atoms with van der Waals surface area (Å²) < 4.78 is 18.5. The molecule has 0 aromatic heterocycles. The van der Waals surface area contributed by atoms with Crippen LogP contribution in [-0.4, -0.2) is 68.4 Å². The van der Waals surface area contributed by atoms with Gasteiger partial charge < -0.3 is 14.2 Å². The number of hydrogen-bond acceptors (Lipinski definition) is 5. The molecule has 7 fully saturated rings. The number of rotatable bonds is 6. The van der Waals surface area contributed by atoms with Gasteiger partial charge in [0.15, 0.2) is 5.78 Å². The zero-order valence-electron chi connectivity index (χ0n) is 23.3. The fourth-order valence-corrected chi connectivity index (χ4v) is 12.5. The number of nitrogens with zero attached hydrogens (tertiary/aromatic N) is 1. The third-order valence-corrected chi connectivity index (χ3v) is 13.8. The Morgan fingerprint density at radius 2 is 1.97 bits per heavy atom. The number of hydrogen-bond donors (Lipinski definition) is 0. The molecule has 2 unspecified atom stereocenters. The molecule has 6 aliphatic carbocycles. The molecule has 0 aromatic rings. The number of fused-ring (bicyclic) bond motifs is 6. The molecule has 37 heavy (non-hydrogen) atoms. The number of carbonyl (C=O) groups excluding carboxylic acids is 1. The Morgan fingerprint density at radius 1 is 1.08 bits per heavy atom. The summed E-state index contributed by atoms with van der Waals surface area (Å²) in [7, 11) is 1.74. The molecule has 0 aromatic carbocycles. The van der Waals surface area contributed by atoms with E-state index >= 15 is 0 Å². The number of likely N-dealkylation sites (tertiary alicyclic amines) is 1. The van der Waals surface area contributed by atoms with E-state index in [1.54, 1.807) is 7.11 Å². The minimum Gasteiger partial charge on any atom is -0.382 e. The Kier molecular flexibility index (Phi) is 5.16. The van der Waals surface area contributed by atoms with Crippen molar-refractivity contribution in [1.29, 1.82) is 0 Å². The van der Waals surface area contributed by atoms with Crippen LogP contribution in [0.4, 0.5) is 0 Å². The number of allylic oxidation sites excluding steroid dienone is 2. The smallest absolute Gasteiger partial charge is 0.155 e. The third kappa shape index (κ3) is 2.88. The highest BCUT2D eigenvalue weighted by molar-refractivity contribution is 5.91. The normalized spacial score (nSPS) is 55.1. The molecule has 0 N–H and O–H groups in total. The number of ketones is 1. The molecule has 2 aliphatic heterocycles. The average molecular weight is 510 g/mol. The minimum absolute atomic E-state index is 0.160. The predicted molar refractivity (Wildman–Crippen MR) is 141 cm³/mol. The quantitative estimate of drug-likeness (QED) is 0.470. The van der Waals surface area contributed by atoms with Crippen molar-refractivity contribution in [1.82, 2.24) is 4.90 Å². The Hall–Kier alpha value is -0.750. The second kappa shape index (κ2) is 7.92. The lowest BCUT2D eigenvalue weighted by Crippen LogP contribution is -2.64. The van der Waals surface area contributed by atoms with E-state index in [4.69, 9.17) is 14.2 Å². The predicted octanol–water partition coefficient (Wildman–Crippen LogP) is 5.03. The van der Waals surface area contributed by atoms with Crippen LogP contribution >= 0.6 is 0 Å². The maximum Gasteiger partial charge on any atom is 0.155 e. The van der Waals surface area contributed by atoms with Crippen LogP contribution in [-0.2, 0) is 19.0 Å². The summed E-state index contributed by atoms with van der Waals surface area (Å²) in [6.45, 7) is 9.36. The van der Waals surface area contributed by atoms with Gasteiger partial charge in [0.1, 0.15) is 0 Å². The van der Waals surface area contributed by atoms with Gasteiger partial charge in [-0.25, -0.2) is 0 Å². The van der Waals surface area contributed by atoms with Crippen LogP contribution in [0.3, 0.4) is 0 Å². The van der Waals surface area contributed by atoms with Crippen LogP contribution in [0, 0.1) is 45.8 Å². The Balaban J connectivity index is 1.05. The van der Waals surface area contributed by atoms with Crippen molar-refractivity contribution >= 4 is 5.78 Å². The van der Waals surface area contributed by atoms with Gasteiger partial charge in [0, 0.05) is 44.0 Å². The summed E-state index contributed by atoms with van der Waals surface area (Å²) in [6, 6.07) is 0.599. The minimum atomic E-state index is 0.160. The number of piperidine rings is 1. The molecule has 0 amide bonds.